The molecule has 1 amide bonds. The molecule has 0 aliphatic carbocycles. The fourth-order valence-corrected chi connectivity index (χ4v) is 6.13. The number of fused-ring (bicyclic) bond motifs is 5. The summed E-state index contributed by atoms with van der Waals surface area (Å²) in [5.74, 6) is 0.502. The molecule has 0 bridgehead atoms. The first-order valence-electron chi connectivity index (χ1n) is 12.7. The van der Waals surface area contributed by atoms with Crippen molar-refractivity contribution in [2.75, 3.05) is 65.3 Å². The predicted molar refractivity (Wildman–Crippen MR) is 149 cm³/mol. The van der Waals surface area contributed by atoms with E-state index in [-0.39, 0.29) is 16.9 Å². The number of likely N-dealkylation sites (tertiary alicyclic amines) is 1. The summed E-state index contributed by atoms with van der Waals surface area (Å²) in [5.41, 5.74) is 1.50. The first kappa shape index (κ1) is 24.7. The van der Waals surface area contributed by atoms with Gasteiger partial charge in [-0.05, 0) is 77.3 Å². The number of anilines is 1. The molecule has 36 heavy (non-hydrogen) atoms. The SMILES string of the molecule is CN(C)CCCN(C)c1ccc2c(=O)c(C(=O)NCCN3CCCC3)c3sc4ccccc4n3c2n1. The summed E-state index contributed by atoms with van der Waals surface area (Å²) >= 11 is 1.47. The number of carbonyl (C=O) groups excluding carboxylic acids is 1. The van der Waals surface area contributed by atoms with E-state index < -0.39 is 0 Å². The van der Waals surface area contributed by atoms with Crippen molar-refractivity contribution >= 4 is 49.1 Å². The molecule has 5 rings (SSSR count). The average molecular weight is 507 g/mol. The molecule has 0 spiro atoms. The van der Waals surface area contributed by atoms with Crippen molar-refractivity contribution in [2.24, 2.45) is 0 Å². The molecule has 1 saturated heterocycles. The van der Waals surface area contributed by atoms with E-state index in [1.807, 2.05) is 47.8 Å². The van der Waals surface area contributed by atoms with E-state index in [9.17, 15) is 9.59 Å². The van der Waals surface area contributed by atoms with Crippen LogP contribution in [0, 0.1) is 0 Å². The number of benzene rings is 1. The van der Waals surface area contributed by atoms with Crippen LogP contribution in [-0.4, -0.2) is 85.5 Å². The number of aromatic nitrogens is 2. The second-order valence-electron chi connectivity index (χ2n) is 9.84. The summed E-state index contributed by atoms with van der Waals surface area (Å²) in [6, 6.07) is 11.7. The summed E-state index contributed by atoms with van der Waals surface area (Å²) in [4.78, 5) is 39.2. The lowest BCUT2D eigenvalue weighted by Gasteiger charge is -2.20. The number of nitrogens with zero attached hydrogens (tertiary/aromatic N) is 5. The van der Waals surface area contributed by atoms with E-state index in [0.717, 1.165) is 55.2 Å². The van der Waals surface area contributed by atoms with Gasteiger partial charge in [-0.1, -0.05) is 12.1 Å². The lowest BCUT2D eigenvalue weighted by molar-refractivity contribution is 0.0950. The normalized spacial score (nSPS) is 14.4. The van der Waals surface area contributed by atoms with Gasteiger partial charge in [0.15, 0.2) is 5.65 Å². The highest BCUT2D eigenvalue weighted by Crippen LogP contribution is 2.31. The van der Waals surface area contributed by atoms with Crippen LogP contribution in [-0.2, 0) is 0 Å². The van der Waals surface area contributed by atoms with Crippen LogP contribution in [0.3, 0.4) is 0 Å². The number of nitrogens with one attached hydrogen (secondary N) is 1. The standard InChI is InChI=1S/C27H34N6O2S/c1-30(2)14-8-15-31(3)22-12-11-19-24(34)23(26(35)28-13-18-32-16-6-7-17-32)27-33(25(19)29-22)20-9-4-5-10-21(20)36-27/h4-5,9-12H,6-8,13-18H2,1-3H3,(H,28,35). The number of hydrogen-bond donors (Lipinski definition) is 1. The summed E-state index contributed by atoms with van der Waals surface area (Å²) in [5, 5.41) is 3.47. The van der Waals surface area contributed by atoms with Crippen molar-refractivity contribution < 1.29 is 4.79 Å². The van der Waals surface area contributed by atoms with Crippen LogP contribution < -0.4 is 15.6 Å². The van der Waals surface area contributed by atoms with Gasteiger partial charge >= 0.3 is 0 Å². The molecule has 1 aromatic carbocycles. The largest absolute Gasteiger partial charge is 0.360 e. The number of para-hydroxylation sites is 1. The van der Waals surface area contributed by atoms with Gasteiger partial charge in [0.1, 0.15) is 16.2 Å². The highest BCUT2D eigenvalue weighted by atomic mass is 32.1. The molecule has 1 aliphatic rings. The quantitative estimate of drug-likeness (QED) is 0.376. The van der Waals surface area contributed by atoms with E-state index in [4.69, 9.17) is 4.98 Å². The molecular weight excluding hydrogens is 472 g/mol. The Morgan fingerprint density at radius 1 is 1.08 bits per heavy atom. The predicted octanol–water partition coefficient (Wildman–Crippen LogP) is 3.28. The van der Waals surface area contributed by atoms with Gasteiger partial charge in [0.25, 0.3) is 5.91 Å². The van der Waals surface area contributed by atoms with Gasteiger partial charge in [0.05, 0.1) is 15.6 Å². The van der Waals surface area contributed by atoms with Crippen LogP contribution in [0.5, 0.6) is 0 Å². The zero-order valence-electron chi connectivity index (χ0n) is 21.3. The van der Waals surface area contributed by atoms with Gasteiger partial charge in [0, 0.05) is 26.7 Å². The van der Waals surface area contributed by atoms with Crippen LogP contribution in [0.2, 0.25) is 0 Å². The fourth-order valence-electron chi connectivity index (χ4n) is 4.95. The lowest BCUT2D eigenvalue weighted by atomic mass is 10.1. The molecule has 0 unspecified atom stereocenters. The number of rotatable bonds is 9. The second-order valence-corrected chi connectivity index (χ2v) is 10.9. The molecule has 0 atom stereocenters. The minimum absolute atomic E-state index is 0.207. The molecule has 1 aliphatic heterocycles. The fraction of sp³-hybridized carbons (Fsp3) is 0.444. The van der Waals surface area contributed by atoms with E-state index in [2.05, 4.69) is 34.1 Å². The maximum atomic E-state index is 13.7. The summed E-state index contributed by atoms with van der Waals surface area (Å²) in [7, 11) is 6.16. The Morgan fingerprint density at radius 2 is 1.86 bits per heavy atom. The highest BCUT2D eigenvalue weighted by molar-refractivity contribution is 7.24. The molecular formula is C27H34N6O2S. The first-order chi connectivity index (χ1) is 17.4. The maximum absolute atomic E-state index is 13.7. The van der Waals surface area contributed by atoms with Crippen molar-refractivity contribution in [1.29, 1.82) is 0 Å². The van der Waals surface area contributed by atoms with E-state index in [0.29, 0.717) is 22.4 Å². The second kappa shape index (κ2) is 10.5. The third kappa shape index (κ3) is 4.83. The molecule has 8 nitrogen and oxygen atoms in total. The molecule has 190 valence electrons. The van der Waals surface area contributed by atoms with Gasteiger partial charge in [-0.2, -0.15) is 0 Å². The number of carbonyl (C=O) groups is 1. The van der Waals surface area contributed by atoms with Gasteiger partial charge < -0.3 is 20.0 Å². The summed E-state index contributed by atoms with van der Waals surface area (Å²) < 4.78 is 3.01. The molecule has 4 heterocycles. The monoisotopic (exact) mass is 506 g/mol. The molecule has 0 saturated carbocycles. The van der Waals surface area contributed by atoms with Crippen molar-refractivity contribution in [3.8, 4) is 0 Å². The Hall–Kier alpha value is -3.01. The Labute approximate surface area is 215 Å². The van der Waals surface area contributed by atoms with Crippen molar-refractivity contribution in [3.63, 3.8) is 0 Å². The highest BCUT2D eigenvalue weighted by Gasteiger charge is 2.23. The van der Waals surface area contributed by atoms with E-state index in [1.165, 1.54) is 24.2 Å². The maximum Gasteiger partial charge on any atom is 0.258 e. The van der Waals surface area contributed by atoms with Crippen LogP contribution in [0.4, 0.5) is 5.82 Å². The third-order valence-electron chi connectivity index (χ3n) is 6.90. The molecule has 0 radical (unpaired) electrons. The third-order valence-corrected chi connectivity index (χ3v) is 8.05. The first-order valence-corrected chi connectivity index (χ1v) is 13.5. The Morgan fingerprint density at radius 3 is 2.64 bits per heavy atom. The number of hydrogen-bond acceptors (Lipinski definition) is 7. The minimum atomic E-state index is -0.310. The van der Waals surface area contributed by atoms with Crippen molar-refractivity contribution in [2.45, 2.75) is 19.3 Å². The van der Waals surface area contributed by atoms with Crippen LogP contribution in [0.15, 0.2) is 41.2 Å². The molecule has 3 aromatic heterocycles. The molecule has 4 aromatic rings. The number of amides is 1. The molecule has 1 N–H and O–H groups in total. The number of pyridine rings is 2. The zero-order valence-corrected chi connectivity index (χ0v) is 22.1. The summed E-state index contributed by atoms with van der Waals surface area (Å²) in [6.07, 6.45) is 3.43. The Kier molecular flexibility index (Phi) is 7.22. The molecule has 9 heteroatoms. The lowest BCUT2D eigenvalue weighted by Crippen LogP contribution is -2.35. The average Bonchev–Trinajstić information content (AvgIpc) is 3.51. The minimum Gasteiger partial charge on any atom is -0.360 e. The number of thiazole rings is 1. The van der Waals surface area contributed by atoms with Crippen LogP contribution in [0.1, 0.15) is 29.6 Å². The van der Waals surface area contributed by atoms with Gasteiger partial charge in [-0.3, -0.25) is 14.0 Å². The van der Waals surface area contributed by atoms with Gasteiger partial charge in [0.2, 0.25) is 5.43 Å². The molecule has 1 fully saturated rings. The van der Waals surface area contributed by atoms with E-state index in [1.54, 1.807) is 0 Å². The Balaban J connectivity index is 1.56. The van der Waals surface area contributed by atoms with Crippen molar-refractivity contribution in [3.05, 3.63) is 52.2 Å². The summed E-state index contributed by atoms with van der Waals surface area (Å²) in [6.45, 7) is 5.34. The zero-order chi connectivity index (χ0) is 25.2. The van der Waals surface area contributed by atoms with Crippen molar-refractivity contribution in [1.82, 2.24) is 24.5 Å². The van der Waals surface area contributed by atoms with Crippen LogP contribution in [0.25, 0.3) is 26.1 Å². The van der Waals surface area contributed by atoms with Crippen LogP contribution >= 0.6 is 11.3 Å². The van der Waals surface area contributed by atoms with Gasteiger partial charge in [-0.25, -0.2) is 4.98 Å². The van der Waals surface area contributed by atoms with E-state index >= 15 is 0 Å². The Bertz CT molecular complexity index is 1450. The van der Waals surface area contributed by atoms with Gasteiger partial charge in [-0.15, -0.1) is 11.3 Å². The smallest absolute Gasteiger partial charge is 0.258 e. The topological polar surface area (TPSA) is 73.2 Å².